The molecule has 0 saturated carbocycles. The summed E-state index contributed by atoms with van der Waals surface area (Å²) in [5.41, 5.74) is 0.872. The minimum atomic E-state index is 0.106. The lowest BCUT2D eigenvalue weighted by molar-refractivity contribution is -0.129. The van der Waals surface area contributed by atoms with E-state index in [0.29, 0.717) is 12.5 Å². The molecule has 0 aliphatic carbocycles. The summed E-state index contributed by atoms with van der Waals surface area (Å²) in [4.78, 5) is 24.3. The number of anilines is 2. The topological polar surface area (TPSA) is 61.4 Å². The van der Waals surface area contributed by atoms with Gasteiger partial charge >= 0.3 is 0 Å². The lowest BCUT2D eigenvalue weighted by Crippen LogP contribution is -2.39. The molecule has 0 aliphatic rings. The zero-order valence-electron chi connectivity index (χ0n) is 12.4. The Bertz CT molecular complexity index is 431. The second kappa shape index (κ2) is 6.92. The average molecular weight is 265 g/mol. The van der Waals surface area contributed by atoms with Crippen molar-refractivity contribution in [2.24, 2.45) is 0 Å². The Morgan fingerprint density at radius 2 is 1.95 bits per heavy atom. The molecule has 1 heterocycles. The van der Waals surface area contributed by atoms with Gasteiger partial charge in [0.2, 0.25) is 11.9 Å². The summed E-state index contributed by atoms with van der Waals surface area (Å²) in [7, 11) is 3.64. The third-order valence-corrected chi connectivity index (χ3v) is 2.94. The smallest absolute Gasteiger partial charge is 0.242 e. The lowest BCUT2D eigenvalue weighted by atomic mass is 10.3. The van der Waals surface area contributed by atoms with Crippen molar-refractivity contribution in [3.05, 3.63) is 11.8 Å². The Balaban J connectivity index is 2.80. The molecule has 1 N–H and O–H groups in total. The van der Waals surface area contributed by atoms with Crippen LogP contribution >= 0.6 is 0 Å². The predicted molar refractivity (Wildman–Crippen MR) is 77.5 cm³/mol. The van der Waals surface area contributed by atoms with Crippen LogP contribution in [0.15, 0.2) is 6.07 Å². The van der Waals surface area contributed by atoms with Crippen molar-refractivity contribution in [2.45, 2.75) is 20.8 Å². The fourth-order valence-corrected chi connectivity index (χ4v) is 1.82. The summed E-state index contributed by atoms with van der Waals surface area (Å²) in [5.74, 6) is 1.42. The molecule has 106 valence electrons. The first-order chi connectivity index (χ1) is 9.01. The van der Waals surface area contributed by atoms with Crippen molar-refractivity contribution < 1.29 is 4.79 Å². The van der Waals surface area contributed by atoms with Crippen LogP contribution in [0.4, 0.5) is 11.8 Å². The van der Waals surface area contributed by atoms with E-state index in [1.54, 1.807) is 7.05 Å². The van der Waals surface area contributed by atoms with Crippen LogP contribution in [-0.4, -0.2) is 54.5 Å². The SMILES string of the molecule is CCN(CC)C(=O)CN(C)c1cc(C)nc(NC)n1. The van der Waals surface area contributed by atoms with Crippen molar-refractivity contribution in [1.82, 2.24) is 14.9 Å². The molecule has 1 aromatic rings. The zero-order chi connectivity index (χ0) is 14.4. The van der Waals surface area contributed by atoms with Crippen molar-refractivity contribution in [3.8, 4) is 0 Å². The molecule has 0 aliphatic heterocycles. The summed E-state index contributed by atoms with van der Waals surface area (Å²) < 4.78 is 0. The van der Waals surface area contributed by atoms with Crippen LogP contribution in [0.1, 0.15) is 19.5 Å². The van der Waals surface area contributed by atoms with E-state index in [9.17, 15) is 4.79 Å². The molecule has 0 unspecified atom stereocenters. The average Bonchev–Trinajstić information content (AvgIpc) is 2.39. The fraction of sp³-hybridized carbons (Fsp3) is 0.615. The quantitative estimate of drug-likeness (QED) is 0.835. The summed E-state index contributed by atoms with van der Waals surface area (Å²) >= 11 is 0. The van der Waals surface area contributed by atoms with Gasteiger partial charge in [-0.1, -0.05) is 0 Å². The van der Waals surface area contributed by atoms with Gasteiger partial charge in [-0.15, -0.1) is 0 Å². The Kier molecular flexibility index (Phi) is 5.54. The minimum Gasteiger partial charge on any atom is -0.357 e. The number of amides is 1. The van der Waals surface area contributed by atoms with Gasteiger partial charge < -0.3 is 15.1 Å². The van der Waals surface area contributed by atoms with E-state index in [0.717, 1.165) is 24.6 Å². The van der Waals surface area contributed by atoms with Crippen LogP contribution < -0.4 is 10.2 Å². The Labute approximate surface area is 114 Å². The molecular formula is C13H23N5O. The number of rotatable bonds is 6. The normalized spacial score (nSPS) is 10.2. The molecule has 0 saturated heterocycles. The maximum absolute atomic E-state index is 12.1. The lowest BCUT2D eigenvalue weighted by Gasteiger charge is -2.24. The Morgan fingerprint density at radius 3 is 2.47 bits per heavy atom. The molecule has 0 aromatic carbocycles. The molecule has 0 fully saturated rings. The van der Waals surface area contributed by atoms with E-state index in [-0.39, 0.29) is 5.91 Å². The van der Waals surface area contributed by atoms with Gasteiger partial charge in [0.1, 0.15) is 5.82 Å². The number of hydrogen-bond acceptors (Lipinski definition) is 5. The second-order valence-corrected chi connectivity index (χ2v) is 4.36. The van der Waals surface area contributed by atoms with Crippen LogP contribution in [0.5, 0.6) is 0 Å². The van der Waals surface area contributed by atoms with Gasteiger partial charge in [0.25, 0.3) is 0 Å². The number of aryl methyl sites for hydroxylation is 1. The molecule has 1 amide bonds. The Morgan fingerprint density at radius 1 is 1.32 bits per heavy atom. The number of carbonyl (C=O) groups is 1. The van der Waals surface area contributed by atoms with Gasteiger partial charge in [0.15, 0.2) is 0 Å². The van der Waals surface area contributed by atoms with E-state index < -0.39 is 0 Å². The molecule has 19 heavy (non-hydrogen) atoms. The van der Waals surface area contributed by atoms with Crippen LogP contribution in [0, 0.1) is 6.92 Å². The number of nitrogens with zero attached hydrogens (tertiary/aromatic N) is 4. The molecule has 6 nitrogen and oxygen atoms in total. The molecule has 0 bridgehead atoms. The summed E-state index contributed by atoms with van der Waals surface area (Å²) in [6.45, 7) is 7.65. The largest absolute Gasteiger partial charge is 0.357 e. The van der Waals surface area contributed by atoms with Gasteiger partial charge in [-0.05, 0) is 20.8 Å². The van der Waals surface area contributed by atoms with Crippen molar-refractivity contribution >= 4 is 17.7 Å². The predicted octanol–water partition coefficient (Wildman–Crippen LogP) is 1.13. The van der Waals surface area contributed by atoms with E-state index in [1.807, 2.05) is 43.7 Å². The molecule has 0 atom stereocenters. The van der Waals surface area contributed by atoms with Crippen molar-refractivity contribution in [3.63, 3.8) is 0 Å². The van der Waals surface area contributed by atoms with Crippen LogP contribution in [-0.2, 0) is 4.79 Å². The highest BCUT2D eigenvalue weighted by Crippen LogP contribution is 2.13. The summed E-state index contributed by atoms with van der Waals surface area (Å²) in [5, 5.41) is 2.92. The van der Waals surface area contributed by atoms with Gasteiger partial charge in [-0.2, -0.15) is 4.98 Å². The van der Waals surface area contributed by atoms with Crippen molar-refractivity contribution in [1.29, 1.82) is 0 Å². The van der Waals surface area contributed by atoms with Gasteiger partial charge in [-0.3, -0.25) is 4.79 Å². The fourth-order valence-electron chi connectivity index (χ4n) is 1.82. The summed E-state index contributed by atoms with van der Waals surface area (Å²) in [6, 6.07) is 1.87. The highest BCUT2D eigenvalue weighted by atomic mass is 16.2. The molecule has 0 spiro atoms. The van der Waals surface area contributed by atoms with E-state index in [4.69, 9.17) is 0 Å². The van der Waals surface area contributed by atoms with Crippen LogP contribution in [0.3, 0.4) is 0 Å². The maximum Gasteiger partial charge on any atom is 0.242 e. The number of nitrogens with one attached hydrogen (secondary N) is 1. The number of aromatic nitrogens is 2. The van der Waals surface area contributed by atoms with Crippen LogP contribution in [0.25, 0.3) is 0 Å². The highest BCUT2D eigenvalue weighted by Gasteiger charge is 2.14. The van der Waals surface area contributed by atoms with E-state index in [1.165, 1.54) is 0 Å². The van der Waals surface area contributed by atoms with Gasteiger partial charge in [0, 0.05) is 38.9 Å². The minimum absolute atomic E-state index is 0.106. The van der Waals surface area contributed by atoms with Gasteiger partial charge in [-0.25, -0.2) is 4.98 Å². The second-order valence-electron chi connectivity index (χ2n) is 4.36. The van der Waals surface area contributed by atoms with Crippen molar-refractivity contribution in [2.75, 3.05) is 43.9 Å². The van der Waals surface area contributed by atoms with Gasteiger partial charge in [0.05, 0.1) is 6.54 Å². The third-order valence-electron chi connectivity index (χ3n) is 2.94. The van der Waals surface area contributed by atoms with E-state index in [2.05, 4.69) is 15.3 Å². The zero-order valence-corrected chi connectivity index (χ0v) is 12.4. The number of likely N-dealkylation sites (N-methyl/N-ethyl adjacent to an activating group) is 2. The molecule has 1 rings (SSSR count). The number of hydrogen-bond donors (Lipinski definition) is 1. The number of carbonyl (C=O) groups excluding carboxylic acids is 1. The first-order valence-electron chi connectivity index (χ1n) is 6.54. The monoisotopic (exact) mass is 265 g/mol. The summed E-state index contributed by atoms with van der Waals surface area (Å²) in [6.07, 6.45) is 0. The molecule has 6 heteroatoms. The maximum atomic E-state index is 12.1. The van der Waals surface area contributed by atoms with Crippen LogP contribution in [0.2, 0.25) is 0 Å². The Hall–Kier alpha value is -1.85. The molecule has 1 aromatic heterocycles. The molecule has 0 radical (unpaired) electrons. The molecular weight excluding hydrogens is 242 g/mol. The van der Waals surface area contributed by atoms with E-state index >= 15 is 0 Å². The first kappa shape index (κ1) is 15.2. The third kappa shape index (κ3) is 4.08. The standard InChI is InChI=1S/C13H23N5O/c1-6-18(7-2)12(19)9-17(5)11-8-10(3)15-13(14-4)16-11/h8H,6-7,9H2,1-5H3,(H,14,15,16). The first-order valence-corrected chi connectivity index (χ1v) is 6.54. The highest BCUT2D eigenvalue weighted by molar-refractivity contribution is 5.81.